The highest BCUT2D eigenvalue weighted by Gasteiger charge is 2.41. The molecular formula is C16H11Cl2NO3S2. The van der Waals surface area contributed by atoms with E-state index in [1.54, 1.807) is 24.3 Å². The molecule has 2 heterocycles. The van der Waals surface area contributed by atoms with E-state index in [2.05, 4.69) is 0 Å². The van der Waals surface area contributed by atoms with Crippen molar-refractivity contribution in [3.05, 3.63) is 55.5 Å². The fourth-order valence-corrected chi connectivity index (χ4v) is 4.38. The van der Waals surface area contributed by atoms with E-state index in [0.717, 1.165) is 16.7 Å². The first-order valence-electron chi connectivity index (χ1n) is 6.91. The summed E-state index contributed by atoms with van der Waals surface area (Å²) in [5.41, 5.74) is 0.595. The first-order chi connectivity index (χ1) is 11.6. The van der Waals surface area contributed by atoms with Crippen LogP contribution in [0.4, 0.5) is 5.69 Å². The van der Waals surface area contributed by atoms with Gasteiger partial charge < -0.3 is 5.11 Å². The van der Waals surface area contributed by atoms with Gasteiger partial charge in [0.15, 0.2) is 0 Å². The molecule has 124 valence electrons. The molecule has 0 saturated carbocycles. The predicted octanol–water partition coefficient (Wildman–Crippen LogP) is 4.06. The van der Waals surface area contributed by atoms with Crippen LogP contribution in [0, 0.1) is 0 Å². The molecule has 0 spiro atoms. The molecule has 0 aliphatic carbocycles. The van der Waals surface area contributed by atoms with Crippen molar-refractivity contribution >= 4 is 69.4 Å². The number of halogens is 2. The molecule has 2 amide bonds. The Hall–Kier alpha value is -1.31. The molecule has 3 rings (SSSR count). The van der Waals surface area contributed by atoms with E-state index < -0.39 is 11.8 Å². The minimum Gasteiger partial charge on any atom is -0.396 e. The van der Waals surface area contributed by atoms with Crippen LogP contribution in [-0.2, 0) is 9.59 Å². The summed E-state index contributed by atoms with van der Waals surface area (Å²) in [5, 5.41) is 11.3. The van der Waals surface area contributed by atoms with Crippen LogP contribution in [0.15, 0.2) is 40.6 Å². The molecule has 0 atom stereocenters. The highest BCUT2D eigenvalue weighted by Crippen LogP contribution is 2.42. The van der Waals surface area contributed by atoms with Gasteiger partial charge in [0.2, 0.25) is 0 Å². The lowest BCUT2D eigenvalue weighted by Crippen LogP contribution is -2.31. The molecule has 1 aliphatic rings. The quantitative estimate of drug-likeness (QED) is 0.769. The lowest BCUT2D eigenvalue weighted by atomic mass is 10.2. The average molecular weight is 400 g/mol. The van der Waals surface area contributed by atoms with Gasteiger partial charge in [-0.25, -0.2) is 4.90 Å². The van der Waals surface area contributed by atoms with Crippen molar-refractivity contribution in [3.63, 3.8) is 0 Å². The van der Waals surface area contributed by atoms with Crippen LogP contribution in [0.2, 0.25) is 10.0 Å². The molecule has 0 saturated heterocycles. The molecule has 8 heteroatoms. The number of thioether (sulfide) groups is 1. The third-order valence-electron chi connectivity index (χ3n) is 3.32. The SMILES string of the molecule is O=C1C(SCCO)=C(c2cccs2)C(=O)N1c1cccc(Cl)c1Cl. The van der Waals surface area contributed by atoms with Gasteiger partial charge in [0.05, 0.1) is 32.8 Å². The van der Waals surface area contributed by atoms with Crippen molar-refractivity contribution in [2.24, 2.45) is 0 Å². The Morgan fingerprint density at radius 3 is 2.58 bits per heavy atom. The summed E-state index contributed by atoms with van der Waals surface area (Å²) in [5.74, 6) is -0.571. The number of amides is 2. The van der Waals surface area contributed by atoms with Gasteiger partial charge in [0.1, 0.15) is 0 Å². The first-order valence-corrected chi connectivity index (χ1v) is 9.53. The fraction of sp³-hybridized carbons (Fsp3) is 0.125. The van der Waals surface area contributed by atoms with Crippen molar-refractivity contribution in [2.45, 2.75) is 0 Å². The number of imide groups is 1. The van der Waals surface area contributed by atoms with Crippen LogP contribution in [0.25, 0.3) is 5.57 Å². The largest absolute Gasteiger partial charge is 0.396 e. The number of rotatable bonds is 5. The number of benzene rings is 1. The zero-order valence-electron chi connectivity index (χ0n) is 12.2. The van der Waals surface area contributed by atoms with E-state index in [9.17, 15) is 9.59 Å². The van der Waals surface area contributed by atoms with Gasteiger partial charge in [-0.05, 0) is 23.6 Å². The van der Waals surface area contributed by atoms with Crippen molar-refractivity contribution in [1.29, 1.82) is 0 Å². The standard InChI is InChI=1S/C16H11Cl2NO3S2/c17-9-3-1-4-10(13(9)18)19-15(21)12(11-5-2-7-23-11)14(16(19)22)24-8-6-20/h1-5,7,20H,6,8H2. The number of hydrogen-bond acceptors (Lipinski definition) is 5. The number of carbonyl (C=O) groups is 2. The normalized spacial score (nSPS) is 14.9. The Balaban J connectivity index is 2.09. The van der Waals surface area contributed by atoms with E-state index >= 15 is 0 Å². The number of aliphatic hydroxyl groups excluding tert-OH is 1. The Morgan fingerprint density at radius 1 is 1.12 bits per heavy atom. The number of thiophene rings is 1. The second-order valence-corrected chi connectivity index (χ2v) is 7.61. The number of nitrogens with zero attached hydrogens (tertiary/aromatic N) is 1. The van der Waals surface area contributed by atoms with E-state index in [4.69, 9.17) is 28.3 Å². The highest BCUT2D eigenvalue weighted by atomic mass is 35.5. The summed E-state index contributed by atoms with van der Waals surface area (Å²) in [6.45, 7) is -0.0920. The number of aliphatic hydroxyl groups is 1. The molecule has 4 nitrogen and oxygen atoms in total. The van der Waals surface area contributed by atoms with Crippen LogP contribution in [0.5, 0.6) is 0 Å². The summed E-state index contributed by atoms with van der Waals surface area (Å²) in [6, 6.07) is 8.40. The van der Waals surface area contributed by atoms with Gasteiger partial charge in [0.25, 0.3) is 11.8 Å². The average Bonchev–Trinajstić information content (AvgIpc) is 3.16. The molecule has 1 N–H and O–H groups in total. The van der Waals surface area contributed by atoms with Crippen molar-refractivity contribution in [3.8, 4) is 0 Å². The number of carbonyl (C=O) groups excluding carboxylic acids is 2. The Morgan fingerprint density at radius 2 is 1.92 bits per heavy atom. The Bertz CT molecular complexity index is 834. The first kappa shape index (κ1) is 17.5. The lowest BCUT2D eigenvalue weighted by molar-refractivity contribution is -0.119. The van der Waals surface area contributed by atoms with E-state index in [1.807, 2.05) is 11.4 Å². The summed E-state index contributed by atoms with van der Waals surface area (Å²) < 4.78 is 0. The smallest absolute Gasteiger partial charge is 0.272 e. The van der Waals surface area contributed by atoms with Gasteiger partial charge in [-0.3, -0.25) is 9.59 Å². The molecule has 24 heavy (non-hydrogen) atoms. The highest BCUT2D eigenvalue weighted by molar-refractivity contribution is 8.04. The van der Waals surface area contributed by atoms with Gasteiger partial charge in [-0.15, -0.1) is 23.1 Å². The fourth-order valence-electron chi connectivity index (χ4n) is 2.31. The zero-order valence-corrected chi connectivity index (χ0v) is 15.3. The molecular weight excluding hydrogens is 389 g/mol. The van der Waals surface area contributed by atoms with Crippen LogP contribution in [0.3, 0.4) is 0 Å². The third kappa shape index (κ3) is 3.00. The zero-order chi connectivity index (χ0) is 17.3. The molecule has 0 unspecified atom stereocenters. The Kier molecular flexibility index (Phi) is 5.32. The molecule has 1 aromatic heterocycles. The van der Waals surface area contributed by atoms with Crippen LogP contribution >= 0.6 is 46.3 Å². The molecule has 0 bridgehead atoms. The second kappa shape index (κ2) is 7.29. The maximum Gasteiger partial charge on any atom is 0.272 e. The van der Waals surface area contributed by atoms with E-state index in [1.165, 1.54) is 11.3 Å². The van der Waals surface area contributed by atoms with Crippen molar-refractivity contribution in [1.82, 2.24) is 0 Å². The topological polar surface area (TPSA) is 57.6 Å². The summed E-state index contributed by atoms with van der Waals surface area (Å²) >= 11 is 14.7. The van der Waals surface area contributed by atoms with Gasteiger partial charge in [0, 0.05) is 10.6 Å². The maximum atomic E-state index is 12.9. The van der Waals surface area contributed by atoms with Crippen LogP contribution in [-0.4, -0.2) is 29.3 Å². The summed E-state index contributed by atoms with van der Waals surface area (Å²) in [4.78, 5) is 27.8. The summed E-state index contributed by atoms with van der Waals surface area (Å²) in [6.07, 6.45) is 0. The molecule has 0 radical (unpaired) electrons. The predicted molar refractivity (Wildman–Crippen MR) is 99.7 cm³/mol. The van der Waals surface area contributed by atoms with Gasteiger partial charge >= 0.3 is 0 Å². The van der Waals surface area contributed by atoms with E-state index in [0.29, 0.717) is 21.1 Å². The molecule has 2 aromatic rings. The minimum absolute atomic E-state index is 0.0920. The Labute approximate surface area is 156 Å². The van der Waals surface area contributed by atoms with E-state index in [-0.39, 0.29) is 22.3 Å². The third-order valence-corrected chi connectivity index (χ3v) is 6.07. The maximum absolute atomic E-state index is 12.9. The molecule has 0 fully saturated rings. The summed E-state index contributed by atoms with van der Waals surface area (Å²) in [7, 11) is 0. The minimum atomic E-state index is -0.453. The van der Waals surface area contributed by atoms with Gasteiger partial charge in [-0.1, -0.05) is 35.3 Å². The van der Waals surface area contributed by atoms with Crippen LogP contribution < -0.4 is 4.90 Å². The molecule has 1 aromatic carbocycles. The van der Waals surface area contributed by atoms with Crippen LogP contribution in [0.1, 0.15) is 4.88 Å². The lowest BCUT2D eigenvalue weighted by Gasteiger charge is -2.17. The monoisotopic (exact) mass is 399 g/mol. The molecule has 1 aliphatic heterocycles. The van der Waals surface area contributed by atoms with Crippen molar-refractivity contribution < 1.29 is 14.7 Å². The number of anilines is 1. The van der Waals surface area contributed by atoms with Gasteiger partial charge in [-0.2, -0.15) is 0 Å². The van der Waals surface area contributed by atoms with Crippen molar-refractivity contribution in [2.75, 3.05) is 17.3 Å². The second-order valence-electron chi connectivity index (χ2n) is 4.77. The number of hydrogen-bond donors (Lipinski definition) is 1.